The molecule has 0 aliphatic carbocycles. The van der Waals surface area contributed by atoms with Gasteiger partial charge < -0.3 is 20.1 Å². The van der Waals surface area contributed by atoms with Gasteiger partial charge >= 0.3 is 5.97 Å². The lowest BCUT2D eigenvalue weighted by molar-refractivity contribution is -0.125. The SMILES string of the molecule is Cc1ccc(C(=O)O)cc1NC(=O)CCN1C(=O)C(C)Oc2ccccc21. The number of nitrogens with zero attached hydrogens (tertiary/aromatic N) is 1. The van der Waals surface area contributed by atoms with Gasteiger partial charge in [-0.25, -0.2) is 4.79 Å². The van der Waals surface area contributed by atoms with Crippen LogP contribution in [0.1, 0.15) is 29.3 Å². The molecule has 140 valence electrons. The maximum Gasteiger partial charge on any atom is 0.335 e. The molecular formula is C20H20N2O5. The van der Waals surface area contributed by atoms with E-state index in [2.05, 4.69) is 5.32 Å². The van der Waals surface area contributed by atoms with Crippen molar-refractivity contribution in [3.63, 3.8) is 0 Å². The van der Waals surface area contributed by atoms with Crippen molar-refractivity contribution in [1.29, 1.82) is 0 Å². The summed E-state index contributed by atoms with van der Waals surface area (Å²) in [5.74, 6) is -0.958. The lowest BCUT2D eigenvalue weighted by atomic mass is 10.1. The number of hydrogen-bond donors (Lipinski definition) is 2. The first-order valence-electron chi connectivity index (χ1n) is 8.57. The Balaban J connectivity index is 1.70. The van der Waals surface area contributed by atoms with Crippen molar-refractivity contribution in [2.24, 2.45) is 0 Å². The molecule has 2 aromatic carbocycles. The van der Waals surface area contributed by atoms with Gasteiger partial charge in [0, 0.05) is 18.7 Å². The number of amides is 2. The minimum atomic E-state index is -1.06. The van der Waals surface area contributed by atoms with E-state index in [1.165, 1.54) is 12.1 Å². The molecule has 0 saturated carbocycles. The van der Waals surface area contributed by atoms with Crippen LogP contribution in [0.3, 0.4) is 0 Å². The van der Waals surface area contributed by atoms with Gasteiger partial charge in [-0.1, -0.05) is 18.2 Å². The van der Waals surface area contributed by atoms with Crippen LogP contribution < -0.4 is 15.0 Å². The average molecular weight is 368 g/mol. The second-order valence-electron chi connectivity index (χ2n) is 6.35. The van der Waals surface area contributed by atoms with E-state index in [9.17, 15) is 14.4 Å². The Labute approximate surface area is 156 Å². The van der Waals surface area contributed by atoms with Crippen LogP contribution in [0.5, 0.6) is 5.75 Å². The molecule has 1 unspecified atom stereocenters. The Morgan fingerprint density at radius 1 is 1.22 bits per heavy atom. The molecule has 0 spiro atoms. The molecule has 2 N–H and O–H groups in total. The number of carboxylic acids is 1. The largest absolute Gasteiger partial charge is 0.479 e. The Bertz CT molecular complexity index is 909. The van der Waals surface area contributed by atoms with Crippen molar-refractivity contribution >= 4 is 29.2 Å². The zero-order valence-electron chi connectivity index (χ0n) is 15.1. The fraction of sp³-hybridized carbons (Fsp3) is 0.250. The molecular weight excluding hydrogens is 348 g/mol. The van der Waals surface area contributed by atoms with Crippen molar-refractivity contribution < 1.29 is 24.2 Å². The van der Waals surface area contributed by atoms with E-state index in [-0.39, 0.29) is 30.3 Å². The summed E-state index contributed by atoms with van der Waals surface area (Å²) >= 11 is 0. The zero-order valence-corrected chi connectivity index (χ0v) is 15.1. The molecule has 2 aromatic rings. The van der Waals surface area contributed by atoms with Gasteiger partial charge in [-0.3, -0.25) is 9.59 Å². The van der Waals surface area contributed by atoms with Crippen molar-refractivity contribution in [1.82, 2.24) is 0 Å². The highest BCUT2D eigenvalue weighted by atomic mass is 16.5. The maximum absolute atomic E-state index is 12.4. The number of nitrogens with one attached hydrogen (secondary N) is 1. The van der Waals surface area contributed by atoms with Crippen molar-refractivity contribution in [2.45, 2.75) is 26.4 Å². The fourth-order valence-corrected chi connectivity index (χ4v) is 2.91. The van der Waals surface area contributed by atoms with Gasteiger partial charge in [-0.05, 0) is 43.7 Å². The van der Waals surface area contributed by atoms with Gasteiger partial charge in [0.1, 0.15) is 5.75 Å². The summed E-state index contributed by atoms with van der Waals surface area (Å²) < 4.78 is 5.58. The summed E-state index contributed by atoms with van der Waals surface area (Å²) in [6.07, 6.45) is -0.541. The minimum Gasteiger partial charge on any atom is -0.479 e. The summed E-state index contributed by atoms with van der Waals surface area (Å²) in [7, 11) is 0. The van der Waals surface area contributed by atoms with Gasteiger partial charge in [0.05, 0.1) is 11.3 Å². The van der Waals surface area contributed by atoms with Crippen molar-refractivity contribution in [3.05, 3.63) is 53.6 Å². The van der Waals surface area contributed by atoms with Gasteiger partial charge in [-0.15, -0.1) is 0 Å². The van der Waals surface area contributed by atoms with Crippen LogP contribution in [0.4, 0.5) is 11.4 Å². The van der Waals surface area contributed by atoms with Crippen LogP contribution in [-0.2, 0) is 9.59 Å². The number of aryl methyl sites for hydroxylation is 1. The highest BCUT2D eigenvalue weighted by Gasteiger charge is 2.31. The molecule has 1 heterocycles. The quantitative estimate of drug-likeness (QED) is 0.846. The normalized spacial score (nSPS) is 15.7. The van der Waals surface area contributed by atoms with Gasteiger partial charge in [0.15, 0.2) is 6.10 Å². The summed E-state index contributed by atoms with van der Waals surface area (Å²) in [5, 5.41) is 11.8. The van der Waals surface area contributed by atoms with E-state index in [1.54, 1.807) is 43.0 Å². The zero-order chi connectivity index (χ0) is 19.6. The first kappa shape index (κ1) is 18.4. The van der Waals surface area contributed by atoms with E-state index < -0.39 is 12.1 Å². The number of carbonyl (C=O) groups excluding carboxylic acids is 2. The predicted molar refractivity (Wildman–Crippen MR) is 100 cm³/mol. The molecule has 7 nitrogen and oxygen atoms in total. The number of fused-ring (bicyclic) bond motifs is 1. The van der Waals surface area contributed by atoms with Crippen LogP contribution in [0, 0.1) is 6.92 Å². The van der Waals surface area contributed by atoms with E-state index >= 15 is 0 Å². The smallest absolute Gasteiger partial charge is 0.335 e. The molecule has 0 fully saturated rings. The number of carbonyl (C=O) groups is 3. The first-order valence-corrected chi connectivity index (χ1v) is 8.57. The summed E-state index contributed by atoms with van der Waals surface area (Å²) in [6.45, 7) is 3.66. The Hall–Kier alpha value is -3.35. The van der Waals surface area contributed by atoms with E-state index in [1.807, 2.05) is 6.07 Å². The fourth-order valence-electron chi connectivity index (χ4n) is 2.91. The molecule has 27 heavy (non-hydrogen) atoms. The molecule has 1 aliphatic heterocycles. The third kappa shape index (κ3) is 3.92. The molecule has 1 atom stereocenters. The number of para-hydroxylation sites is 2. The standard InChI is InChI=1S/C20H20N2O5/c1-12-7-8-14(20(25)26)11-15(12)21-18(23)9-10-22-16-5-3-4-6-17(16)27-13(2)19(22)24/h3-8,11,13H,9-10H2,1-2H3,(H,21,23)(H,25,26). The van der Waals surface area contributed by atoms with Crippen LogP contribution in [-0.4, -0.2) is 35.5 Å². The van der Waals surface area contributed by atoms with Crippen molar-refractivity contribution in [2.75, 3.05) is 16.8 Å². The molecule has 0 bridgehead atoms. The molecule has 0 saturated heterocycles. The number of ether oxygens (including phenoxy) is 1. The van der Waals surface area contributed by atoms with Gasteiger partial charge in [0.2, 0.25) is 5.91 Å². The molecule has 7 heteroatoms. The van der Waals surface area contributed by atoms with E-state index in [0.29, 0.717) is 17.1 Å². The third-order valence-electron chi connectivity index (χ3n) is 4.39. The first-order chi connectivity index (χ1) is 12.9. The monoisotopic (exact) mass is 368 g/mol. The third-order valence-corrected chi connectivity index (χ3v) is 4.39. The average Bonchev–Trinajstić information content (AvgIpc) is 2.63. The van der Waals surface area contributed by atoms with Crippen molar-refractivity contribution in [3.8, 4) is 5.75 Å². The number of carboxylic acid groups (broad SMARTS) is 1. The Kier molecular flexibility index (Phi) is 5.12. The van der Waals surface area contributed by atoms with Crippen LogP contribution in [0.2, 0.25) is 0 Å². The number of rotatable bonds is 5. The van der Waals surface area contributed by atoms with Crippen LogP contribution in [0.15, 0.2) is 42.5 Å². The highest BCUT2D eigenvalue weighted by molar-refractivity contribution is 6.01. The maximum atomic E-state index is 12.4. The number of aromatic carboxylic acids is 1. The molecule has 3 rings (SSSR count). The number of benzene rings is 2. The number of anilines is 2. The lowest BCUT2D eigenvalue weighted by Crippen LogP contribution is -2.45. The second kappa shape index (κ2) is 7.49. The topological polar surface area (TPSA) is 95.9 Å². The Morgan fingerprint density at radius 3 is 2.70 bits per heavy atom. The molecule has 0 aromatic heterocycles. The number of hydrogen-bond acceptors (Lipinski definition) is 4. The van der Waals surface area contributed by atoms with Crippen LogP contribution in [0.25, 0.3) is 0 Å². The minimum absolute atomic E-state index is 0.0729. The van der Waals surface area contributed by atoms with E-state index in [4.69, 9.17) is 9.84 Å². The summed E-state index contributed by atoms with van der Waals surface area (Å²) in [4.78, 5) is 37.4. The highest BCUT2D eigenvalue weighted by Crippen LogP contribution is 2.33. The lowest BCUT2D eigenvalue weighted by Gasteiger charge is -2.32. The Morgan fingerprint density at radius 2 is 1.96 bits per heavy atom. The van der Waals surface area contributed by atoms with E-state index in [0.717, 1.165) is 5.56 Å². The van der Waals surface area contributed by atoms with Crippen LogP contribution >= 0.6 is 0 Å². The summed E-state index contributed by atoms with van der Waals surface area (Å²) in [6, 6.07) is 11.7. The van der Waals surface area contributed by atoms with Gasteiger partial charge in [0.25, 0.3) is 5.91 Å². The molecule has 0 radical (unpaired) electrons. The summed E-state index contributed by atoms with van der Waals surface area (Å²) in [5.41, 5.74) is 1.94. The van der Waals surface area contributed by atoms with Gasteiger partial charge in [-0.2, -0.15) is 0 Å². The molecule has 2 amide bonds. The predicted octanol–water partition coefficient (Wildman–Crippen LogP) is 2.84. The molecule has 1 aliphatic rings. The second-order valence-corrected chi connectivity index (χ2v) is 6.35.